The Morgan fingerprint density at radius 3 is 2.27 bits per heavy atom. The third-order valence-electron chi connectivity index (χ3n) is 3.24. The highest BCUT2D eigenvalue weighted by Gasteiger charge is 2.51. The quantitative estimate of drug-likeness (QED) is 0.656. The van der Waals surface area contributed by atoms with Crippen LogP contribution in [0.3, 0.4) is 0 Å². The summed E-state index contributed by atoms with van der Waals surface area (Å²) in [6.07, 6.45) is -0.155. The van der Waals surface area contributed by atoms with Crippen molar-refractivity contribution in [3.8, 4) is 0 Å². The van der Waals surface area contributed by atoms with Crippen LogP contribution in [0.25, 0.3) is 0 Å². The highest BCUT2D eigenvalue weighted by Crippen LogP contribution is 2.35. The number of nitrogens with one attached hydrogen (secondary N) is 1. The minimum absolute atomic E-state index is 0.155. The first-order valence-corrected chi connectivity index (χ1v) is 5.62. The number of fused-ring (bicyclic) bond motifs is 2. The van der Waals surface area contributed by atoms with Gasteiger partial charge in [-0.15, -0.1) is 0 Å². The number of piperazine rings is 1. The molecule has 0 aromatic rings. The summed E-state index contributed by atoms with van der Waals surface area (Å²) in [5, 5.41) is 3.31. The molecule has 0 aromatic heterocycles. The highest BCUT2D eigenvalue weighted by molar-refractivity contribution is 5.70. The zero-order valence-electron chi connectivity index (χ0n) is 9.91. The van der Waals surface area contributed by atoms with Gasteiger partial charge in [-0.25, -0.2) is 4.79 Å². The largest absolute Gasteiger partial charge is 0.444 e. The van der Waals surface area contributed by atoms with Gasteiger partial charge in [0, 0.05) is 13.1 Å². The lowest BCUT2D eigenvalue weighted by atomic mass is 9.78. The van der Waals surface area contributed by atoms with E-state index >= 15 is 0 Å². The van der Waals surface area contributed by atoms with Crippen LogP contribution in [0.2, 0.25) is 0 Å². The molecule has 3 aliphatic rings. The minimum Gasteiger partial charge on any atom is -0.444 e. The van der Waals surface area contributed by atoms with Gasteiger partial charge in [-0.05, 0) is 26.7 Å². The predicted molar refractivity (Wildman–Crippen MR) is 57.7 cm³/mol. The van der Waals surface area contributed by atoms with Crippen LogP contribution in [0, 0.1) is 5.92 Å². The van der Waals surface area contributed by atoms with E-state index in [1.165, 1.54) is 0 Å². The molecule has 4 heteroatoms. The number of carbonyl (C=O) groups excluding carboxylic acids is 1. The number of amides is 1. The fourth-order valence-corrected chi connectivity index (χ4v) is 2.44. The molecule has 3 heterocycles. The maximum atomic E-state index is 11.9. The van der Waals surface area contributed by atoms with E-state index in [1.54, 1.807) is 0 Å². The Labute approximate surface area is 91.0 Å². The van der Waals surface area contributed by atoms with Crippen molar-refractivity contribution in [3.05, 3.63) is 0 Å². The molecule has 2 atom stereocenters. The van der Waals surface area contributed by atoms with Crippen LogP contribution in [0.5, 0.6) is 0 Å². The zero-order valence-corrected chi connectivity index (χ0v) is 9.91. The van der Waals surface area contributed by atoms with Crippen molar-refractivity contribution in [2.75, 3.05) is 13.1 Å². The number of rotatable bonds is 0. The second-order valence-electron chi connectivity index (χ2n) is 5.54. The van der Waals surface area contributed by atoms with Gasteiger partial charge in [-0.1, -0.05) is 6.92 Å². The molecule has 3 aliphatic heterocycles. The maximum Gasteiger partial charge on any atom is 0.410 e. The third kappa shape index (κ3) is 1.83. The van der Waals surface area contributed by atoms with Gasteiger partial charge < -0.3 is 10.1 Å². The van der Waals surface area contributed by atoms with Crippen LogP contribution in [0.1, 0.15) is 27.7 Å². The predicted octanol–water partition coefficient (Wildman–Crippen LogP) is 1.21. The average Bonchev–Trinajstić information content (AvgIpc) is 2.13. The first-order chi connectivity index (χ1) is 6.90. The summed E-state index contributed by atoms with van der Waals surface area (Å²) >= 11 is 0. The Bertz CT molecular complexity index is 260. The Balaban J connectivity index is 1.98. The third-order valence-corrected chi connectivity index (χ3v) is 3.24. The van der Waals surface area contributed by atoms with Crippen molar-refractivity contribution < 1.29 is 9.53 Å². The van der Waals surface area contributed by atoms with Crippen LogP contribution < -0.4 is 5.32 Å². The lowest BCUT2D eigenvalue weighted by Crippen LogP contribution is -2.74. The molecule has 1 N–H and O–H groups in total. The molecule has 0 aliphatic carbocycles. The second kappa shape index (κ2) is 3.37. The monoisotopic (exact) mass is 212 g/mol. The van der Waals surface area contributed by atoms with E-state index < -0.39 is 5.60 Å². The van der Waals surface area contributed by atoms with E-state index in [2.05, 4.69) is 12.2 Å². The molecule has 2 unspecified atom stereocenters. The van der Waals surface area contributed by atoms with Crippen LogP contribution in [0.15, 0.2) is 0 Å². The Morgan fingerprint density at radius 2 is 1.87 bits per heavy atom. The van der Waals surface area contributed by atoms with Crippen LogP contribution in [0.4, 0.5) is 4.79 Å². The van der Waals surface area contributed by atoms with Gasteiger partial charge in [-0.2, -0.15) is 0 Å². The topological polar surface area (TPSA) is 41.6 Å². The minimum atomic E-state index is -0.391. The van der Waals surface area contributed by atoms with Crippen LogP contribution in [-0.4, -0.2) is 41.8 Å². The number of hydrogen-bond donors (Lipinski definition) is 1. The first-order valence-electron chi connectivity index (χ1n) is 5.62. The van der Waals surface area contributed by atoms with E-state index in [9.17, 15) is 4.79 Å². The van der Waals surface area contributed by atoms with Gasteiger partial charge >= 0.3 is 6.09 Å². The molecular weight excluding hydrogens is 192 g/mol. The Morgan fingerprint density at radius 1 is 1.33 bits per heavy atom. The summed E-state index contributed by atoms with van der Waals surface area (Å²) in [6.45, 7) is 9.72. The fourth-order valence-electron chi connectivity index (χ4n) is 2.44. The van der Waals surface area contributed by atoms with Crippen molar-refractivity contribution >= 4 is 6.09 Å². The molecule has 86 valence electrons. The van der Waals surface area contributed by atoms with Gasteiger partial charge in [0.05, 0.1) is 12.1 Å². The van der Waals surface area contributed by atoms with Gasteiger partial charge in [-0.3, -0.25) is 4.90 Å². The van der Waals surface area contributed by atoms with E-state index in [1.807, 2.05) is 25.7 Å². The first kappa shape index (κ1) is 10.7. The normalized spacial score (nSPS) is 34.7. The number of piperidine rings is 1. The van der Waals surface area contributed by atoms with Crippen LogP contribution >= 0.6 is 0 Å². The van der Waals surface area contributed by atoms with E-state index in [0.717, 1.165) is 13.1 Å². The van der Waals surface area contributed by atoms with E-state index in [4.69, 9.17) is 4.74 Å². The molecular formula is C11H20N2O2. The number of ether oxygens (including phenoxy) is 1. The lowest BCUT2D eigenvalue weighted by Gasteiger charge is -2.57. The molecule has 3 rings (SSSR count). The molecule has 15 heavy (non-hydrogen) atoms. The molecule has 0 aromatic carbocycles. The average molecular weight is 212 g/mol. The SMILES string of the molecule is CC1C2CNCC1N2C(=O)OC(C)(C)C. The zero-order chi connectivity index (χ0) is 11.2. The summed E-state index contributed by atoms with van der Waals surface area (Å²) in [5.41, 5.74) is -0.391. The number of hydrogen-bond acceptors (Lipinski definition) is 3. The molecule has 0 spiro atoms. The summed E-state index contributed by atoms with van der Waals surface area (Å²) in [6, 6.07) is 0.664. The van der Waals surface area contributed by atoms with Gasteiger partial charge in [0.2, 0.25) is 0 Å². The number of nitrogens with zero attached hydrogens (tertiary/aromatic N) is 1. The summed E-state index contributed by atoms with van der Waals surface area (Å²) < 4.78 is 5.39. The fraction of sp³-hybridized carbons (Fsp3) is 0.909. The second-order valence-corrected chi connectivity index (χ2v) is 5.54. The number of carbonyl (C=O) groups is 1. The standard InChI is InChI=1S/C11H20N2O2/c1-7-8-5-12-6-9(7)13(8)10(14)15-11(2,3)4/h7-9,12H,5-6H2,1-4H3. The molecule has 3 saturated heterocycles. The summed E-state index contributed by atoms with van der Waals surface area (Å²) in [5.74, 6) is 0.610. The van der Waals surface area contributed by atoms with Gasteiger partial charge in [0.25, 0.3) is 0 Å². The molecule has 1 amide bonds. The smallest absolute Gasteiger partial charge is 0.410 e. The molecule has 2 bridgehead atoms. The molecule has 0 saturated carbocycles. The Kier molecular flexibility index (Phi) is 2.41. The van der Waals surface area contributed by atoms with Crippen molar-refractivity contribution in [1.29, 1.82) is 0 Å². The summed E-state index contributed by atoms with van der Waals surface area (Å²) in [4.78, 5) is 13.8. The van der Waals surface area contributed by atoms with Crippen molar-refractivity contribution in [2.24, 2.45) is 5.92 Å². The van der Waals surface area contributed by atoms with Crippen molar-refractivity contribution in [2.45, 2.75) is 45.4 Å². The lowest BCUT2D eigenvalue weighted by molar-refractivity contribution is -0.0791. The van der Waals surface area contributed by atoms with Crippen molar-refractivity contribution in [1.82, 2.24) is 10.2 Å². The summed E-state index contributed by atoms with van der Waals surface area (Å²) in [7, 11) is 0. The highest BCUT2D eigenvalue weighted by atomic mass is 16.6. The van der Waals surface area contributed by atoms with Crippen molar-refractivity contribution in [3.63, 3.8) is 0 Å². The van der Waals surface area contributed by atoms with E-state index in [-0.39, 0.29) is 6.09 Å². The van der Waals surface area contributed by atoms with Gasteiger partial charge in [0.15, 0.2) is 0 Å². The van der Waals surface area contributed by atoms with Gasteiger partial charge in [0.1, 0.15) is 5.60 Å². The molecule has 4 nitrogen and oxygen atoms in total. The molecule has 0 radical (unpaired) electrons. The van der Waals surface area contributed by atoms with Crippen LogP contribution in [-0.2, 0) is 4.74 Å². The van der Waals surface area contributed by atoms with E-state index in [0.29, 0.717) is 18.0 Å². The molecule has 3 fully saturated rings. The Hall–Kier alpha value is -0.770. The maximum absolute atomic E-state index is 11.9.